The molecule has 1 nitrogen and oxygen atoms in total. The summed E-state index contributed by atoms with van der Waals surface area (Å²) in [4.78, 5) is 0. The maximum Gasteiger partial charge on any atom is 0.416 e. The van der Waals surface area contributed by atoms with E-state index in [0.29, 0.717) is 10.6 Å². The molecule has 2 aromatic carbocycles. The highest BCUT2D eigenvalue weighted by Gasteiger charge is 2.34. The highest BCUT2D eigenvalue weighted by molar-refractivity contribution is 6.30. The van der Waals surface area contributed by atoms with Gasteiger partial charge in [-0.15, -0.1) is 0 Å². The molecule has 0 aliphatic carbocycles. The zero-order valence-electron chi connectivity index (χ0n) is 10.7. The molecule has 2 rings (SSSR count). The highest BCUT2D eigenvalue weighted by atomic mass is 35.5. The number of hydrogen-bond acceptors (Lipinski definition) is 1. The molecule has 0 heterocycles. The normalized spacial score (nSPS) is 13.3. The van der Waals surface area contributed by atoms with Crippen LogP contribution in [0.15, 0.2) is 42.5 Å². The van der Waals surface area contributed by atoms with Crippen LogP contribution in [0, 0.1) is 6.92 Å². The van der Waals surface area contributed by atoms with Crippen LogP contribution in [0.2, 0.25) is 5.02 Å². The Labute approximate surface area is 120 Å². The third-order valence-electron chi connectivity index (χ3n) is 3.02. The van der Waals surface area contributed by atoms with Gasteiger partial charge in [-0.3, -0.25) is 0 Å². The molecule has 106 valence electrons. The highest BCUT2D eigenvalue weighted by Crippen LogP contribution is 2.36. The third-order valence-corrected chi connectivity index (χ3v) is 3.24. The summed E-state index contributed by atoms with van der Waals surface area (Å²) in [5, 5.41) is 0.458. The molecule has 0 spiro atoms. The molecule has 0 saturated carbocycles. The maximum absolute atomic E-state index is 13.0. The summed E-state index contributed by atoms with van der Waals surface area (Å²) in [5.41, 5.74) is 6.73. The van der Waals surface area contributed by atoms with Gasteiger partial charge in [-0.2, -0.15) is 13.2 Å². The summed E-state index contributed by atoms with van der Waals surface area (Å²) in [6, 6.07) is 9.51. The molecule has 1 atom stereocenters. The van der Waals surface area contributed by atoms with Crippen molar-refractivity contribution < 1.29 is 13.2 Å². The van der Waals surface area contributed by atoms with Crippen LogP contribution in [0.1, 0.15) is 28.3 Å². The van der Waals surface area contributed by atoms with E-state index in [1.807, 2.05) is 6.92 Å². The van der Waals surface area contributed by atoms with Crippen LogP contribution in [0.25, 0.3) is 0 Å². The molecule has 0 aromatic heterocycles. The molecule has 5 heteroatoms. The van der Waals surface area contributed by atoms with Gasteiger partial charge in [-0.05, 0) is 41.8 Å². The van der Waals surface area contributed by atoms with E-state index in [1.165, 1.54) is 12.1 Å². The lowest BCUT2D eigenvalue weighted by molar-refractivity contribution is -0.138. The van der Waals surface area contributed by atoms with E-state index < -0.39 is 17.8 Å². The summed E-state index contributed by atoms with van der Waals surface area (Å²) in [5.74, 6) is 0. The van der Waals surface area contributed by atoms with Gasteiger partial charge in [-0.25, -0.2) is 0 Å². The van der Waals surface area contributed by atoms with Crippen molar-refractivity contribution >= 4 is 11.6 Å². The van der Waals surface area contributed by atoms with Crippen molar-refractivity contribution in [1.29, 1.82) is 0 Å². The second kappa shape index (κ2) is 5.46. The second-order valence-corrected chi connectivity index (χ2v) is 5.06. The first-order chi connectivity index (χ1) is 9.29. The summed E-state index contributed by atoms with van der Waals surface area (Å²) in [6.45, 7) is 1.82. The predicted molar refractivity (Wildman–Crippen MR) is 73.7 cm³/mol. The molecular formula is C15H13ClF3N. The molecule has 20 heavy (non-hydrogen) atoms. The molecule has 0 amide bonds. The Hall–Kier alpha value is -1.52. The fourth-order valence-electron chi connectivity index (χ4n) is 2.15. The number of hydrogen-bond donors (Lipinski definition) is 1. The molecule has 0 radical (unpaired) electrons. The van der Waals surface area contributed by atoms with Gasteiger partial charge < -0.3 is 5.73 Å². The number of alkyl halides is 3. The van der Waals surface area contributed by atoms with Gasteiger partial charge in [-0.1, -0.05) is 35.9 Å². The first kappa shape index (κ1) is 14.9. The predicted octanol–water partition coefficient (Wildman–Crippen LogP) is 4.72. The van der Waals surface area contributed by atoms with Gasteiger partial charge in [0.2, 0.25) is 0 Å². The van der Waals surface area contributed by atoms with Crippen LogP contribution in [-0.2, 0) is 6.18 Å². The largest absolute Gasteiger partial charge is 0.416 e. The van der Waals surface area contributed by atoms with Crippen molar-refractivity contribution in [2.24, 2.45) is 5.73 Å². The van der Waals surface area contributed by atoms with E-state index in [1.54, 1.807) is 24.3 Å². The third kappa shape index (κ3) is 3.14. The lowest BCUT2D eigenvalue weighted by atomic mass is 9.94. The van der Waals surface area contributed by atoms with E-state index in [2.05, 4.69) is 0 Å². The van der Waals surface area contributed by atoms with Crippen molar-refractivity contribution in [2.75, 3.05) is 0 Å². The van der Waals surface area contributed by atoms with Crippen molar-refractivity contribution in [3.05, 3.63) is 69.7 Å². The molecule has 2 N–H and O–H groups in total. The quantitative estimate of drug-likeness (QED) is 0.853. The summed E-state index contributed by atoms with van der Waals surface area (Å²) >= 11 is 5.93. The Morgan fingerprint density at radius 1 is 1.10 bits per heavy atom. The SMILES string of the molecule is Cc1cc(Cl)cc(C(N)c2ccccc2C(F)(F)F)c1. The maximum atomic E-state index is 13.0. The van der Waals surface area contributed by atoms with Crippen LogP contribution in [0.3, 0.4) is 0 Å². The van der Waals surface area contributed by atoms with Crippen LogP contribution in [-0.4, -0.2) is 0 Å². The number of rotatable bonds is 2. The molecule has 0 bridgehead atoms. The zero-order valence-corrected chi connectivity index (χ0v) is 11.5. The fraction of sp³-hybridized carbons (Fsp3) is 0.200. The topological polar surface area (TPSA) is 26.0 Å². The van der Waals surface area contributed by atoms with Gasteiger partial charge in [0.25, 0.3) is 0 Å². The van der Waals surface area contributed by atoms with E-state index in [9.17, 15) is 13.2 Å². The van der Waals surface area contributed by atoms with E-state index in [-0.39, 0.29) is 5.56 Å². The Kier molecular flexibility index (Phi) is 4.06. The minimum absolute atomic E-state index is 0.0432. The second-order valence-electron chi connectivity index (χ2n) is 4.62. The van der Waals surface area contributed by atoms with E-state index in [0.717, 1.165) is 11.6 Å². The monoisotopic (exact) mass is 299 g/mol. The minimum Gasteiger partial charge on any atom is -0.320 e. The number of aryl methyl sites for hydroxylation is 1. The molecule has 1 unspecified atom stereocenters. The van der Waals surface area contributed by atoms with Crippen LogP contribution in [0.5, 0.6) is 0 Å². The number of benzene rings is 2. The van der Waals surface area contributed by atoms with Gasteiger partial charge in [0, 0.05) is 5.02 Å². The van der Waals surface area contributed by atoms with Gasteiger partial charge in [0.1, 0.15) is 0 Å². The van der Waals surface area contributed by atoms with E-state index in [4.69, 9.17) is 17.3 Å². The van der Waals surface area contributed by atoms with Gasteiger partial charge >= 0.3 is 6.18 Å². The summed E-state index contributed by atoms with van der Waals surface area (Å²) in [6.07, 6.45) is -4.43. The first-order valence-electron chi connectivity index (χ1n) is 5.98. The van der Waals surface area contributed by atoms with Crippen LogP contribution < -0.4 is 5.73 Å². The van der Waals surface area contributed by atoms with Crippen molar-refractivity contribution in [3.8, 4) is 0 Å². The lowest BCUT2D eigenvalue weighted by Gasteiger charge is -2.19. The van der Waals surface area contributed by atoms with Crippen molar-refractivity contribution in [3.63, 3.8) is 0 Å². The number of halogens is 4. The first-order valence-corrected chi connectivity index (χ1v) is 6.35. The molecule has 0 aliphatic rings. The average molecular weight is 300 g/mol. The smallest absolute Gasteiger partial charge is 0.320 e. The van der Waals surface area contributed by atoms with Crippen LogP contribution >= 0.6 is 11.6 Å². The molecular weight excluding hydrogens is 287 g/mol. The average Bonchev–Trinajstić information content (AvgIpc) is 2.35. The van der Waals surface area contributed by atoms with Gasteiger partial charge in [0.15, 0.2) is 0 Å². The molecule has 2 aromatic rings. The zero-order chi connectivity index (χ0) is 14.9. The Morgan fingerprint density at radius 3 is 2.35 bits per heavy atom. The summed E-state index contributed by atoms with van der Waals surface area (Å²) in [7, 11) is 0. The molecule has 0 aliphatic heterocycles. The Morgan fingerprint density at radius 2 is 1.75 bits per heavy atom. The van der Waals surface area contributed by atoms with E-state index >= 15 is 0 Å². The molecule has 0 fully saturated rings. The Balaban J connectivity index is 2.51. The number of nitrogens with two attached hydrogens (primary N) is 1. The summed E-state index contributed by atoms with van der Waals surface area (Å²) < 4.78 is 39.0. The van der Waals surface area contributed by atoms with Crippen molar-refractivity contribution in [1.82, 2.24) is 0 Å². The standard InChI is InChI=1S/C15H13ClF3N/c1-9-6-10(8-11(16)7-9)14(20)12-4-2-3-5-13(12)15(17,18)19/h2-8,14H,20H2,1H3. The fourth-order valence-corrected chi connectivity index (χ4v) is 2.45. The van der Waals surface area contributed by atoms with Gasteiger partial charge in [0.05, 0.1) is 11.6 Å². The lowest BCUT2D eigenvalue weighted by Crippen LogP contribution is -2.18. The molecule has 0 saturated heterocycles. The van der Waals surface area contributed by atoms with Crippen molar-refractivity contribution in [2.45, 2.75) is 19.1 Å². The minimum atomic E-state index is -4.43. The van der Waals surface area contributed by atoms with Crippen LogP contribution in [0.4, 0.5) is 13.2 Å². The Bertz CT molecular complexity index is 603.